The monoisotopic (exact) mass is 600 g/mol. The van der Waals surface area contributed by atoms with Gasteiger partial charge in [-0.3, -0.25) is 24.0 Å². The van der Waals surface area contributed by atoms with Gasteiger partial charge in [0.25, 0.3) is 12.3 Å². The summed E-state index contributed by atoms with van der Waals surface area (Å²) in [4.78, 5) is 42.7. The van der Waals surface area contributed by atoms with Crippen molar-refractivity contribution < 1.29 is 37.1 Å². The van der Waals surface area contributed by atoms with Gasteiger partial charge in [-0.05, 0) is 43.4 Å². The molecule has 1 aromatic carbocycles. The molecule has 1 fully saturated rings. The zero-order chi connectivity index (χ0) is 29.1. The van der Waals surface area contributed by atoms with Crippen molar-refractivity contribution in [1.82, 2.24) is 19.7 Å². The van der Waals surface area contributed by atoms with Crippen LogP contribution in [0.1, 0.15) is 70.1 Å². The molecule has 1 amide bonds. The SMILES string of the molecule is O=C(CN(Cc1cc(F)cc(F)c1)C(=O)c1cnn(C2CCC(C(=O)O)CC2)c1C(F)F)c1c(Cl)cncc1Cl. The van der Waals surface area contributed by atoms with Crippen LogP contribution in [0.4, 0.5) is 17.6 Å². The number of ketones is 1. The first kappa shape index (κ1) is 29.5. The topological polar surface area (TPSA) is 105 Å². The number of halogens is 6. The lowest BCUT2D eigenvalue weighted by atomic mass is 9.86. The molecule has 0 aliphatic heterocycles. The summed E-state index contributed by atoms with van der Waals surface area (Å²) in [5, 5.41) is 13.0. The van der Waals surface area contributed by atoms with Gasteiger partial charge in [0, 0.05) is 25.0 Å². The molecular formula is C26H22Cl2F4N4O4. The number of pyridine rings is 1. The molecule has 0 spiro atoms. The maximum atomic E-state index is 14.3. The lowest BCUT2D eigenvalue weighted by Crippen LogP contribution is -2.36. The lowest BCUT2D eigenvalue weighted by molar-refractivity contribution is -0.143. The van der Waals surface area contributed by atoms with Gasteiger partial charge in [-0.2, -0.15) is 5.10 Å². The number of benzene rings is 1. The van der Waals surface area contributed by atoms with Gasteiger partial charge in [-0.15, -0.1) is 0 Å². The van der Waals surface area contributed by atoms with E-state index in [2.05, 4.69) is 10.1 Å². The molecule has 4 rings (SSSR count). The molecular weight excluding hydrogens is 579 g/mol. The molecule has 0 atom stereocenters. The molecule has 1 aliphatic rings. The summed E-state index contributed by atoms with van der Waals surface area (Å²) in [7, 11) is 0. The van der Waals surface area contributed by atoms with E-state index < -0.39 is 72.0 Å². The van der Waals surface area contributed by atoms with E-state index in [-0.39, 0.29) is 46.9 Å². The average Bonchev–Trinajstić information content (AvgIpc) is 3.33. The highest BCUT2D eigenvalue weighted by Crippen LogP contribution is 2.36. The summed E-state index contributed by atoms with van der Waals surface area (Å²) in [6.07, 6.45) is 1.15. The molecule has 3 aromatic rings. The van der Waals surface area contributed by atoms with Gasteiger partial charge in [-0.1, -0.05) is 23.2 Å². The number of aliphatic carboxylic acids is 1. The third-order valence-electron chi connectivity index (χ3n) is 6.71. The number of carbonyl (C=O) groups is 3. The third-order valence-corrected chi connectivity index (χ3v) is 7.29. The number of amides is 1. The van der Waals surface area contributed by atoms with Crippen LogP contribution in [0.2, 0.25) is 10.0 Å². The van der Waals surface area contributed by atoms with Gasteiger partial charge in [-0.25, -0.2) is 17.6 Å². The Morgan fingerprint density at radius 2 is 1.60 bits per heavy atom. The minimum Gasteiger partial charge on any atom is -0.481 e. The zero-order valence-corrected chi connectivity index (χ0v) is 22.2. The third kappa shape index (κ3) is 6.44. The van der Waals surface area contributed by atoms with Crippen LogP contribution in [0.15, 0.2) is 36.8 Å². The Kier molecular flexibility index (Phi) is 9.09. The van der Waals surface area contributed by atoms with E-state index in [1.807, 2.05) is 0 Å². The highest BCUT2D eigenvalue weighted by molar-refractivity contribution is 6.39. The number of hydrogen-bond acceptors (Lipinski definition) is 5. The number of alkyl halides is 2. The Morgan fingerprint density at radius 3 is 2.15 bits per heavy atom. The molecule has 0 unspecified atom stereocenters. The second-order valence-corrected chi connectivity index (χ2v) is 10.2. The van der Waals surface area contributed by atoms with Gasteiger partial charge in [0.15, 0.2) is 5.78 Å². The first-order chi connectivity index (χ1) is 19.0. The van der Waals surface area contributed by atoms with Gasteiger partial charge >= 0.3 is 5.97 Å². The summed E-state index contributed by atoms with van der Waals surface area (Å²) < 4.78 is 57.5. The van der Waals surface area contributed by atoms with E-state index in [1.54, 1.807) is 0 Å². The molecule has 8 nitrogen and oxygen atoms in total. The van der Waals surface area contributed by atoms with Gasteiger partial charge in [0.1, 0.15) is 17.3 Å². The highest BCUT2D eigenvalue weighted by Gasteiger charge is 2.34. The van der Waals surface area contributed by atoms with Crippen molar-refractivity contribution in [2.75, 3.05) is 6.54 Å². The molecule has 0 bridgehead atoms. The molecule has 14 heteroatoms. The number of carboxylic acids is 1. The van der Waals surface area contributed by atoms with E-state index in [0.717, 1.165) is 40.3 Å². The van der Waals surface area contributed by atoms with Crippen LogP contribution in [0.3, 0.4) is 0 Å². The molecule has 40 heavy (non-hydrogen) atoms. The highest BCUT2D eigenvalue weighted by atomic mass is 35.5. The fraction of sp³-hybridized carbons (Fsp3) is 0.346. The summed E-state index contributed by atoms with van der Waals surface area (Å²) in [5.41, 5.74) is -1.41. The summed E-state index contributed by atoms with van der Waals surface area (Å²) in [5.74, 6) is -5.24. The van der Waals surface area contributed by atoms with Crippen molar-refractivity contribution in [1.29, 1.82) is 0 Å². The molecule has 0 radical (unpaired) electrons. The Labute approximate surface area is 235 Å². The Bertz CT molecular complexity index is 1400. The number of carboxylic acid groups (broad SMARTS) is 1. The van der Waals surface area contributed by atoms with Crippen molar-refractivity contribution in [2.24, 2.45) is 5.92 Å². The minimum atomic E-state index is -3.15. The normalized spacial score (nSPS) is 17.2. The van der Waals surface area contributed by atoms with Gasteiger partial charge in [0.05, 0.1) is 45.9 Å². The number of hydrogen-bond donors (Lipinski definition) is 1. The van der Waals surface area contributed by atoms with Gasteiger partial charge in [0.2, 0.25) is 0 Å². The zero-order valence-electron chi connectivity index (χ0n) is 20.7. The fourth-order valence-electron chi connectivity index (χ4n) is 4.83. The quantitative estimate of drug-likeness (QED) is 0.233. The van der Waals surface area contributed by atoms with Crippen LogP contribution in [0.5, 0.6) is 0 Å². The van der Waals surface area contributed by atoms with E-state index >= 15 is 0 Å². The first-order valence-electron chi connectivity index (χ1n) is 12.1. The van der Waals surface area contributed by atoms with Crippen LogP contribution in [-0.4, -0.2) is 49.0 Å². The predicted octanol–water partition coefficient (Wildman–Crippen LogP) is 6.14. The van der Waals surface area contributed by atoms with Crippen molar-refractivity contribution >= 4 is 40.9 Å². The molecule has 1 saturated carbocycles. The fourth-order valence-corrected chi connectivity index (χ4v) is 5.41. The van der Waals surface area contributed by atoms with Crippen LogP contribution < -0.4 is 0 Å². The largest absolute Gasteiger partial charge is 0.481 e. The van der Waals surface area contributed by atoms with E-state index in [1.165, 1.54) is 0 Å². The van der Waals surface area contributed by atoms with Crippen LogP contribution in [0.25, 0.3) is 0 Å². The first-order valence-corrected chi connectivity index (χ1v) is 12.9. The number of rotatable bonds is 9. The smallest absolute Gasteiger partial charge is 0.306 e. The Hall–Kier alpha value is -3.51. The number of nitrogens with zero attached hydrogens (tertiary/aromatic N) is 4. The molecule has 1 N–H and O–H groups in total. The Balaban J connectivity index is 1.69. The van der Waals surface area contributed by atoms with Crippen LogP contribution >= 0.6 is 23.2 Å². The summed E-state index contributed by atoms with van der Waals surface area (Å²) in [6, 6.07) is 1.94. The van der Waals surface area contributed by atoms with Crippen molar-refractivity contribution in [3.05, 3.63) is 80.9 Å². The van der Waals surface area contributed by atoms with E-state index in [4.69, 9.17) is 23.2 Å². The van der Waals surface area contributed by atoms with Crippen LogP contribution in [0, 0.1) is 17.6 Å². The molecule has 0 saturated heterocycles. The van der Waals surface area contributed by atoms with Crippen LogP contribution in [-0.2, 0) is 11.3 Å². The lowest BCUT2D eigenvalue weighted by Gasteiger charge is -2.28. The molecule has 2 aromatic heterocycles. The maximum Gasteiger partial charge on any atom is 0.306 e. The predicted molar refractivity (Wildman–Crippen MR) is 136 cm³/mol. The summed E-state index contributed by atoms with van der Waals surface area (Å²) in [6.45, 7) is -1.24. The van der Waals surface area contributed by atoms with Crippen molar-refractivity contribution in [2.45, 2.75) is 44.7 Å². The maximum absolute atomic E-state index is 14.3. The molecule has 2 heterocycles. The molecule has 1 aliphatic carbocycles. The standard InChI is InChI=1S/C26H22Cl2F4N4O4/c27-19-9-33-10-20(28)22(19)21(37)12-35(11-13-5-15(29)7-16(30)6-13)25(38)18-8-34-36(23(18)24(31)32)17-3-1-14(2-4-17)26(39)40/h5-10,14,17,24H,1-4,11-12H2,(H,39,40). The number of Topliss-reactive ketones (excluding diaryl/α,β-unsaturated/α-hetero) is 1. The molecule has 212 valence electrons. The van der Waals surface area contributed by atoms with Gasteiger partial charge < -0.3 is 10.0 Å². The number of carbonyl (C=O) groups excluding carboxylic acids is 2. The average molecular weight is 601 g/mol. The summed E-state index contributed by atoms with van der Waals surface area (Å²) >= 11 is 12.1. The Morgan fingerprint density at radius 1 is 1.00 bits per heavy atom. The van der Waals surface area contributed by atoms with Crippen molar-refractivity contribution in [3.63, 3.8) is 0 Å². The number of aromatic nitrogens is 3. The second kappa shape index (κ2) is 12.3. The minimum absolute atomic E-state index is 0.0384. The van der Waals surface area contributed by atoms with Crippen molar-refractivity contribution in [3.8, 4) is 0 Å². The van der Waals surface area contributed by atoms with E-state index in [0.29, 0.717) is 6.07 Å². The van der Waals surface area contributed by atoms with E-state index in [9.17, 15) is 37.1 Å². The second-order valence-electron chi connectivity index (χ2n) is 9.37.